The zero-order chi connectivity index (χ0) is 13.6. The van der Waals surface area contributed by atoms with Crippen LogP contribution >= 0.6 is 11.3 Å². The fourth-order valence-electron chi connectivity index (χ4n) is 1.83. The van der Waals surface area contributed by atoms with Gasteiger partial charge in [-0.05, 0) is 44.9 Å². The number of nitrogens with zero attached hydrogens (tertiary/aromatic N) is 1. The van der Waals surface area contributed by atoms with Gasteiger partial charge in [0.2, 0.25) is 0 Å². The summed E-state index contributed by atoms with van der Waals surface area (Å²) in [5.41, 5.74) is -0.259. The molecule has 3 rings (SSSR count). The lowest BCUT2D eigenvalue weighted by Crippen LogP contribution is -2.37. The average molecular weight is 277 g/mol. The quantitative estimate of drug-likeness (QED) is 0.930. The molecule has 1 aliphatic carbocycles. The van der Waals surface area contributed by atoms with Gasteiger partial charge in [0.15, 0.2) is 5.60 Å². The molecule has 4 nitrogen and oxygen atoms in total. The number of aromatic nitrogens is 1. The van der Waals surface area contributed by atoms with Crippen LogP contribution in [0.1, 0.15) is 37.6 Å². The maximum absolute atomic E-state index is 11.1. The maximum atomic E-state index is 11.1. The minimum Gasteiger partial charge on any atom is -0.478 e. The number of benzene rings is 1. The lowest BCUT2D eigenvalue weighted by molar-refractivity contribution is -0.152. The highest BCUT2D eigenvalue weighted by molar-refractivity contribution is 7.18. The fourth-order valence-corrected chi connectivity index (χ4v) is 2.99. The van der Waals surface area contributed by atoms with Crippen LogP contribution in [-0.4, -0.2) is 21.7 Å². The van der Waals surface area contributed by atoms with Crippen molar-refractivity contribution in [3.05, 3.63) is 23.2 Å². The highest BCUT2D eigenvalue weighted by Crippen LogP contribution is 2.43. The minimum atomic E-state index is -1.22. The van der Waals surface area contributed by atoms with Gasteiger partial charge in [-0.1, -0.05) is 0 Å². The Hall–Kier alpha value is -1.62. The first-order valence-electron chi connectivity index (χ1n) is 6.28. The summed E-state index contributed by atoms with van der Waals surface area (Å²) in [5.74, 6) is 0.235. The summed E-state index contributed by atoms with van der Waals surface area (Å²) in [7, 11) is 0. The van der Waals surface area contributed by atoms with Crippen molar-refractivity contribution in [1.82, 2.24) is 4.98 Å². The van der Waals surface area contributed by atoms with Crippen LogP contribution in [0.4, 0.5) is 0 Å². The number of hydrogen-bond donors (Lipinski definition) is 1. The second kappa shape index (κ2) is 4.20. The SMILES string of the molecule is CC(C)(Oc1ccc2nc(C3CC3)sc2c1)C(=O)O. The summed E-state index contributed by atoms with van der Waals surface area (Å²) in [6.45, 7) is 3.09. The van der Waals surface area contributed by atoms with Crippen molar-refractivity contribution in [2.45, 2.75) is 38.2 Å². The Morgan fingerprint density at radius 2 is 2.21 bits per heavy atom. The predicted molar refractivity (Wildman–Crippen MR) is 73.9 cm³/mol. The highest BCUT2D eigenvalue weighted by atomic mass is 32.1. The van der Waals surface area contributed by atoms with Crippen LogP contribution in [0.5, 0.6) is 5.75 Å². The molecule has 2 aromatic rings. The van der Waals surface area contributed by atoms with E-state index >= 15 is 0 Å². The molecule has 100 valence electrons. The molecule has 1 fully saturated rings. The van der Waals surface area contributed by atoms with Crippen molar-refractivity contribution in [1.29, 1.82) is 0 Å². The van der Waals surface area contributed by atoms with E-state index in [2.05, 4.69) is 4.98 Å². The minimum absolute atomic E-state index is 0.575. The topological polar surface area (TPSA) is 59.4 Å². The third-order valence-corrected chi connectivity index (χ3v) is 4.37. The number of carboxylic acid groups (broad SMARTS) is 1. The van der Waals surface area contributed by atoms with Crippen LogP contribution in [0, 0.1) is 0 Å². The van der Waals surface area contributed by atoms with Crippen molar-refractivity contribution < 1.29 is 14.6 Å². The maximum Gasteiger partial charge on any atom is 0.347 e. The Morgan fingerprint density at radius 1 is 1.47 bits per heavy atom. The largest absolute Gasteiger partial charge is 0.478 e. The van der Waals surface area contributed by atoms with E-state index in [-0.39, 0.29) is 0 Å². The van der Waals surface area contributed by atoms with Crippen molar-refractivity contribution in [2.24, 2.45) is 0 Å². The summed E-state index contributed by atoms with van der Waals surface area (Å²) >= 11 is 1.68. The molecule has 1 aromatic heterocycles. The van der Waals surface area contributed by atoms with Crippen LogP contribution < -0.4 is 4.74 Å². The standard InChI is InChI=1S/C14H15NO3S/c1-14(2,13(16)17)18-9-5-6-10-11(7-9)19-12(15-10)8-3-4-8/h5-8H,3-4H2,1-2H3,(H,16,17). The van der Waals surface area contributed by atoms with E-state index in [4.69, 9.17) is 9.84 Å². The molecule has 1 saturated carbocycles. The first-order chi connectivity index (χ1) is 8.95. The Morgan fingerprint density at radius 3 is 2.84 bits per heavy atom. The lowest BCUT2D eigenvalue weighted by Gasteiger charge is -2.21. The van der Waals surface area contributed by atoms with Gasteiger partial charge >= 0.3 is 5.97 Å². The van der Waals surface area contributed by atoms with Gasteiger partial charge in [-0.3, -0.25) is 0 Å². The zero-order valence-electron chi connectivity index (χ0n) is 10.8. The Bertz CT molecular complexity index is 643. The molecule has 19 heavy (non-hydrogen) atoms. The van der Waals surface area contributed by atoms with Crippen LogP contribution in [0.25, 0.3) is 10.2 Å². The Kier molecular flexibility index (Phi) is 2.74. The van der Waals surface area contributed by atoms with Crippen molar-refractivity contribution >= 4 is 27.5 Å². The summed E-state index contributed by atoms with van der Waals surface area (Å²) in [4.78, 5) is 15.7. The molecule has 1 aromatic carbocycles. The van der Waals surface area contributed by atoms with Gasteiger partial charge in [0.25, 0.3) is 0 Å². The van der Waals surface area contributed by atoms with E-state index in [1.54, 1.807) is 31.3 Å². The molecule has 0 atom stereocenters. The van der Waals surface area contributed by atoms with Crippen molar-refractivity contribution in [3.63, 3.8) is 0 Å². The molecule has 0 unspecified atom stereocenters. The number of hydrogen-bond acceptors (Lipinski definition) is 4. The molecule has 0 aliphatic heterocycles. The van der Waals surface area contributed by atoms with Crippen LogP contribution in [0.3, 0.4) is 0 Å². The summed E-state index contributed by atoms with van der Waals surface area (Å²) in [6, 6.07) is 5.55. The van der Waals surface area contributed by atoms with Gasteiger partial charge in [0, 0.05) is 5.92 Å². The van der Waals surface area contributed by atoms with Crippen LogP contribution in [-0.2, 0) is 4.79 Å². The molecule has 0 bridgehead atoms. The first-order valence-corrected chi connectivity index (χ1v) is 7.10. The van der Waals surface area contributed by atoms with Gasteiger partial charge in [-0.2, -0.15) is 0 Å². The van der Waals surface area contributed by atoms with Gasteiger partial charge in [-0.15, -0.1) is 11.3 Å². The monoisotopic (exact) mass is 277 g/mol. The normalized spacial score (nSPS) is 15.7. The van der Waals surface area contributed by atoms with Gasteiger partial charge in [0.1, 0.15) is 5.75 Å². The van der Waals surface area contributed by atoms with Crippen molar-refractivity contribution in [2.75, 3.05) is 0 Å². The average Bonchev–Trinajstić information content (AvgIpc) is 3.09. The molecule has 0 saturated heterocycles. The highest BCUT2D eigenvalue weighted by Gasteiger charge is 2.30. The molecule has 0 amide bonds. The predicted octanol–water partition coefficient (Wildman–Crippen LogP) is 3.42. The van der Waals surface area contributed by atoms with E-state index in [9.17, 15) is 4.79 Å². The van der Waals surface area contributed by atoms with Gasteiger partial charge < -0.3 is 9.84 Å². The van der Waals surface area contributed by atoms with E-state index in [0.29, 0.717) is 11.7 Å². The van der Waals surface area contributed by atoms with E-state index in [1.165, 1.54) is 17.8 Å². The smallest absolute Gasteiger partial charge is 0.347 e. The number of carboxylic acids is 1. The molecule has 5 heteroatoms. The molecule has 0 radical (unpaired) electrons. The summed E-state index contributed by atoms with van der Waals surface area (Å²) in [6.07, 6.45) is 2.46. The van der Waals surface area contributed by atoms with Crippen molar-refractivity contribution in [3.8, 4) is 5.75 Å². The van der Waals surface area contributed by atoms with E-state index < -0.39 is 11.6 Å². The van der Waals surface area contributed by atoms with E-state index in [0.717, 1.165) is 10.2 Å². The number of ether oxygens (including phenoxy) is 1. The molecule has 1 N–H and O–H groups in total. The lowest BCUT2D eigenvalue weighted by atomic mass is 10.1. The second-order valence-electron chi connectivity index (χ2n) is 5.37. The Labute approximate surface area is 115 Å². The summed E-state index contributed by atoms with van der Waals surface area (Å²) in [5, 5.41) is 10.3. The number of aliphatic carboxylic acids is 1. The third kappa shape index (κ3) is 2.42. The van der Waals surface area contributed by atoms with E-state index in [1.807, 2.05) is 12.1 Å². The van der Waals surface area contributed by atoms with Crippen LogP contribution in [0.15, 0.2) is 18.2 Å². The molecule has 1 aliphatic rings. The van der Waals surface area contributed by atoms with Gasteiger partial charge in [0.05, 0.1) is 15.2 Å². The summed E-state index contributed by atoms with van der Waals surface area (Å²) < 4.78 is 6.59. The number of thiazole rings is 1. The second-order valence-corrected chi connectivity index (χ2v) is 6.44. The molecular formula is C14H15NO3S. The molecule has 0 spiro atoms. The number of rotatable bonds is 4. The molecular weight excluding hydrogens is 262 g/mol. The van der Waals surface area contributed by atoms with Crippen LogP contribution in [0.2, 0.25) is 0 Å². The Balaban J connectivity index is 1.90. The number of carbonyl (C=O) groups is 1. The zero-order valence-corrected chi connectivity index (χ0v) is 11.7. The fraction of sp³-hybridized carbons (Fsp3) is 0.429. The first kappa shape index (κ1) is 12.4. The number of fused-ring (bicyclic) bond motifs is 1. The third-order valence-electron chi connectivity index (χ3n) is 3.19. The van der Waals surface area contributed by atoms with Gasteiger partial charge in [-0.25, -0.2) is 9.78 Å². The molecule has 1 heterocycles.